The Balaban J connectivity index is 1.60. The zero-order chi connectivity index (χ0) is 18.0. The molecule has 0 atom stereocenters. The molecule has 0 spiro atoms. The van der Waals surface area contributed by atoms with Crippen LogP contribution in [0.3, 0.4) is 0 Å². The van der Waals surface area contributed by atoms with Gasteiger partial charge in [0.15, 0.2) is 18.1 Å². The van der Waals surface area contributed by atoms with Crippen molar-refractivity contribution >= 4 is 45.1 Å². The molecule has 25 heavy (non-hydrogen) atoms. The second-order valence-electron chi connectivity index (χ2n) is 5.28. The summed E-state index contributed by atoms with van der Waals surface area (Å²) in [4.78, 5) is 24.1. The summed E-state index contributed by atoms with van der Waals surface area (Å²) in [5.74, 6) is -0.357. The molecule has 0 aromatic heterocycles. The molecule has 3 rings (SSSR count). The molecule has 0 saturated carbocycles. The van der Waals surface area contributed by atoms with Gasteiger partial charge < -0.3 is 19.5 Å². The molecule has 1 heterocycles. The molecule has 0 aliphatic carbocycles. The van der Waals surface area contributed by atoms with Crippen LogP contribution < -0.4 is 14.8 Å². The van der Waals surface area contributed by atoms with E-state index in [1.165, 1.54) is 12.1 Å². The minimum Gasteiger partial charge on any atom is -0.454 e. The van der Waals surface area contributed by atoms with E-state index in [-0.39, 0.29) is 17.4 Å². The average Bonchev–Trinajstić information content (AvgIpc) is 3.04. The second kappa shape index (κ2) is 7.33. The molecule has 1 amide bonds. The lowest BCUT2D eigenvalue weighted by Gasteiger charge is -2.10. The topological polar surface area (TPSA) is 73.9 Å². The third-order valence-electron chi connectivity index (χ3n) is 3.46. The van der Waals surface area contributed by atoms with Gasteiger partial charge in [0.1, 0.15) is 0 Å². The molecule has 1 aliphatic rings. The number of ether oxygens (including phenoxy) is 3. The van der Waals surface area contributed by atoms with Crippen LogP contribution in [0.2, 0.25) is 5.02 Å². The Bertz CT molecular complexity index is 855. The van der Waals surface area contributed by atoms with Crippen LogP contribution in [0.15, 0.2) is 34.8 Å². The fourth-order valence-electron chi connectivity index (χ4n) is 2.25. The van der Waals surface area contributed by atoms with E-state index in [9.17, 15) is 9.59 Å². The molecule has 0 fully saturated rings. The molecule has 1 aliphatic heterocycles. The number of carbonyl (C=O) groups excluding carboxylic acids is 2. The van der Waals surface area contributed by atoms with Gasteiger partial charge >= 0.3 is 5.97 Å². The molecule has 2 aromatic carbocycles. The Kier molecular flexibility index (Phi) is 5.15. The van der Waals surface area contributed by atoms with Crippen LogP contribution in [0.5, 0.6) is 11.5 Å². The van der Waals surface area contributed by atoms with Gasteiger partial charge in [-0.1, -0.05) is 27.5 Å². The summed E-state index contributed by atoms with van der Waals surface area (Å²) in [5.41, 5.74) is 1.72. The molecule has 8 heteroatoms. The number of hydrogen-bond acceptors (Lipinski definition) is 5. The molecular weight excluding hydrogens is 414 g/mol. The van der Waals surface area contributed by atoms with Crippen molar-refractivity contribution < 1.29 is 23.8 Å². The normalized spacial score (nSPS) is 12.0. The van der Waals surface area contributed by atoms with Gasteiger partial charge in [-0.2, -0.15) is 0 Å². The minimum absolute atomic E-state index is 0.0441. The molecular formula is C17H13BrClNO5. The number of nitrogens with one attached hydrogen (secondary N) is 1. The lowest BCUT2D eigenvalue weighted by Crippen LogP contribution is -2.21. The number of anilines is 1. The number of aryl methyl sites for hydroxylation is 1. The quantitative estimate of drug-likeness (QED) is 0.750. The SMILES string of the molecule is Cc1cc(Br)ccc1NC(=O)COC(=O)c1cc(Cl)c2c(c1)OCO2. The Morgan fingerprint density at radius 3 is 2.84 bits per heavy atom. The van der Waals surface area contributed by atoms with Crippen LogP contribution in [0.4, 0.5) is 5.69 Å². The zero-order valence-corrected chi connectivity index (χ0v) is 15.4. The van der Waals surface area contributed by atoms with Gasteiger partial charge in [0.2, 0.25) is 6.79 Å². The van der Waals surface area contributed by atoms with Crippen molar-refractivity contribution in [3.8, 4) is 11.5 Å². The van der Waals surface area contributed by atoms with E-state index < -0.39 is 18.5 Å². The van der Waals surface area contributed by atoms with E-state index >= 15 is 0 Å². The van der Waals surface area contributed by atoms with E-state index in [1.54, 1.807) is 6.07 Å². The summed E-state index contributed by atoms with van der Waals surface area (Å²) in [7, 11) is 0. The monoisotopic (exact) mass is 425 g/mol. The number of amides is 1. The first-order valence-electron chi connectivity index (χ1n) is 7.26. The number of esters is 1. The van der Waals surface area contributed by atoms with E-state index in [1.807, 2.05) is 19.1 Å². The summed E-state index contributed by atoms with van der Waals surface area (Å²) in [6.07, 6.45) is 0. The highest BCUT2D eigenvalue weighted by Gasteiger charge is 2.21. The van der Waals surface area contributed by atoms with Crippen LogP contribution >= 0.6 is 27.5 Å². The minimum atomic E-state index is -0.678. The largest absolute Gasteiger partial charge is 0.454 e. The van der Waals surface area contributed by atoms with E-state index in [2.05, 4.69) is 21.2 Å². The fraction of sp³-hybridized carbons (Fsp3) is 0.176. The molecule has 0 bridgehead atoms. The second-order valence-corrected chi connectivity index (χ2v) is 6.60. The average molecular weight is 427 g/mol. The summed E-state index contributed by atoms with van der Waals surface area (Å²) in [6.45, 7) is 1.49. The maximum atomic E-state index is 12.1. The van der Waals surface area contributed by atoms with Gasteiger partial charge in [0, 0.05) is 10.2 Å². The van der Waals surface area contributed by atoms with Gasteiger partial charge in [0.25, 0.3) is 5.91 Å². The Morgan fingerprint density at radius 2 is 2.08 bits per heavy atom. The van der Waals surface area contributed by atoms with Crippen LogP contribution in [-0.2, 0) is 9.53 Å². The Labute approximate surface area is 157 Å². The highest BCUT2D eigenvalue weighted by molar-refractivity contribution is 9.10. The number of rotatable bonds is 4. The smallest absolute Gasteiger partial charge is 0.338 e. The zero-order valence-electron chi connectivity index (χ0n) is 13.1. The number of hydrogen-bond donors (Lipinski definition) is 1. The maximum absolute atomic E-state index is 12.1. The molecule has 2 aromatic rings. The molecule has 0 saturated heterocycles. The molecule has 0 unspecified atom stereocenters. The Morgan fingerprint density at radius 1 is 1.28 bits per heavy atom. The van der Waals surface area contributed by atoms with Crippen molar-refractivity contribution in [2.75, 3.05) is 18.7 Å². The highest BCUT2D eigenvalue weighted by atomic mass is 79.9. The van der Waals surface area contributed by atoms with Crippen molar-refractivity contribution in [3.63, 3.8) is 0 Å². The standard InChI is InChI=1S/C17H13BrClNO5/c1-9-4-11(18)2-3-13(9)20-15(21)7-23-17(22)10-5-12(19)16-14(6-10)24-8-25-16/h2-6H,7-8H2,1H3,(H,20,21). The lowest BCUT2D eigenvalue weighted by atomic mass is 10.2. The highest BCUT2D eigenvalue weighted by Crippen LogP contribution is 2.39. The molecule has 1 N–H and O–H groups in total. The third-order valence-corrected chi connectivity index (χ3v) is 4.23. The van der Waals surface area contributed by atoms with Crippen LogP contribution in [0.25, 0.3) is 0 Å². The summed E-state index contributed by atoms with van der Waals surface area (Å²) in [6, 6.07) is 8.32. The van der Waals surface area contributed by atoms with Crippen molar-refractivity contribution in [3.05, 3.63) is 51.0 Å². The van der Waals surface area contributed by atoms with Gasteiger partial charge in [-0.25, -0.2) is 4.79 Å². The summed E-state index contributed by atoms with van der Waals surface area (Å²) < 4.78 is 16.3. The predicted molar refractivity (Wildman–Crippen MR) is 95.4 cm³/mol. The molecule has 0 radical (unpaired) electrons. The van der Waals surface area contributed by atoms with E-state index in [4.69, 9.17) is 25.8 Å². The number of halogens is 2. The van der Waals surface area contributed by atoms with Crippen molar-refractivity contribution in [2.24, 2.45) is 0 Å². The van der Waals surface area contributed by atoms with Crippen molar-refractivity contribution in [1.29, 1.82) is 0 Å². The predicted octanol–water partition coefficient (Wildman–Crippen LogP) is 3.94. The fourth-order valence-corrected chi connectivity index (χ4v) is 2.99. The van der Waals surface area contributed by atoms with Crippen LogP contribution in [0, 0.1) is 6.92 Å². The Hall–Kier alpha value is -2.25. The lowest BCUT2D eigenvalue weighted by molar-refractivity contribution is -0.119. The molecule has 6 nitrogen and oxygen atoms in total. The van der Waals surface area contributed by atoms with Gasteiger partial charge in [-0.15, -0.1) is 0 Å². The third kappa shape index (κ3) is 4.05. The first-order valence-corrected chi connectivity index (χ1v) is 8.43. The van der Waals surface area contributed by atoms with Crippen LogP contribution in [-0.4, -0.2) is 25.3 Å². The summed E-state index contributed by atoms with van der Waals surface area (Å²) >= 11 is 9.38. The van der Waals surface area contributed by atoms with Gasteiger partial charge in [-0.3, -0.25) is 4.79 Å². The van der Waals surface area contributed by atoms with Crippen molar-refractivity contribution in [2.45, 2.75) is 6.92 Å². The van der Waals surface area contributed by atoms with E-state index in [0.29, 0.717) is 17.2 Å². The summed E-state index contributed by atoms with van der Waals surface area (Å²) in [5, 5.41) is 2.94. The molecule has 130 valence electrons. The van der Waals surface area contributed by atoms with Gasteiger partial charge in [0.05, 0.1) is 10.6 Å². The first-order chi connectivity index (χ1) is 11.9. The van der Waals surface area contributed by atoms with E-state index in [0.717, 1.165) is 10.0 Å². The number of carbonyl (C=O) groups is 2. The number of fused-ring (bicyclic) bond motifs is 1. The number of benzene rings is 2. The maximum Gasteiger partial charge on any atom is 0.338 e. The van der Waals surface area contributed by atoms with Gasteiger partial charge in [-0.05, 0) is 42.8 Å². The first kappa shape index (κ1) is 17.6. The van der Waals surface area contributed by atoms with Crippen molar-refractivity contribution in [1.82, 2.24) is 0 Å². The van der Waals surface area contributed by atoms with Crippen LogP contribution in [0.1, 0.15) is 15.9 Å².